The Morgan fingerprint density at radius 2 is 2.03 bits per heavy atom. The number of rotatable bonds is 5. The predicted molar refractivity (Wildman–Crippen MR) is 114 cm³/mol. The van der Waals surface area contributed by atoms with Crippen molar-refractivity contribution >= 4 is 6.41 Å². The highest BCUT2D eigenvalue weighted by atomic mass is 19.3. The van der Waals surface area contributed by atoms with E-state index in [1.54, 1.807) is 19.1 Å². The Bertz CT molecular complexity index is 1040. The van der Waals surface area contributed by atoms with E-state index in [1.807, 2.05) is 4.68 Å². The molecule has 178 valence electrons. The highest BCUT2D eigenvalue weighted by Gasteiger charge is 2.45. The maximum absolute atomic E-state index is 13.6. The van der Waals surface area contributed by atoms with Gasteiger partial charge in [-0.3, -0.25) is 14.4 Å². The Hall–Kier alpha value is -2.79. The van der Waals surface area contributed by atoms with Crippen molar-refractivity contribution in [3.8, 4) is 11.3 Å². The third kappa shape index (κ3) is 4.65. The van der Waals surface area contributed by atoms with Gasteiger partial charge in [-0.1, -0.05) is 5.18 Å². The number of carbonyl (C=O) groups excluding carboxylic acids is 1. The van der Waals surface area contributed by atoms with Crippen LogP contribution >= 0.6 is 0 Å². The summed E-state index contributed by atoms with van der Waals surface area (Å²) in [6, 6.07) is 5.05. The first kappa shape index (κ1) is 23.4. The molecular formula is C22H26F3N5O3. The first-order valence-electron chi connectivity index (χ1n) is 10.8. The fourth-order valence-electron chi connectivity index (χ4n) is 4.62. The number of hydrogen-bond donors (Lipinski definition) is 1. The number of nitroso groups, excluding NO2 is 1. The van der Waals surface area contributed by atoms with Crippen molar-refractivity contribution in [1.82, 2.24) is 20.0 Å². The topological polar surface area (TPSA) is 88.8 Å². The van der Waals surface area contributed by atoms with E-state index in [1.165, 1.54) is 6.07 Å². The number of likely N-dealkylation sites (N-methyl/N-ethyl adjacent to an activating group) is 1. The van der Waals surface area contributed by atoms with Crippen LogP contribution < -0.4 is 5.32 Å². The fraction of sp³-hybridized carbons (Fsp3) is 0.545. The van der Waals surface area contributed by atoms with Crippen LogP contribution in [0.2, 0.25) is 0 Å². The second-order valence-electron chi connectivity index (χ2n) is 8.80. The molecule has 2 atom stereocenters. The van der Waals surface area contributed by atoms with E-state index >= 15 is 0 Å². The molecule has 2 aliphatic heterocycles. The Morgan fingerprint density at radius 3 is 2.67 bits per heavy atom. The van der Waals surface area contributed by atoms with Gasteiger partial charge in [0.05, 0.1) is 36.7 Å². The van der Waals surface area contributed by atoms with Crippen LogP contribution in [0.1, 0.15) is 35.7 Å². The molecule has 0 spiro atoms. The van der Waals surface area contributed by atoms with Crippen LogP contribution in [0, 0.1) is 17.6 Å². The van der Waals surface area contributed by atoms with Gasteiger partial charge in [0.25, 0.3) is 5.92 Å². The Labute approximate surface area is 189 Å². The highest BCUT2D eigenvalue weighted by molar-refractivity contribution is 5.65. The van der Waals surface area contributed by atoms with E-state index in [2.05, 4.69) is 22.4 Å². The molecule has 1 saturated heterocycles. The van der Waals surface area contributed by atoms with Crippen molar-refractivity contribution in [3.63, 3.8) is 0 Å². The van der Waals surface area contributed by atoms with Crippen molar-refractivity contribution in [2.75, 3.05) is 20.3 Å². The zero-order chi connectivity index (χ0) is 23.8. The van der Waals surface area contributed by atoms with Crippen LogP contribution in [0.3, 0.4) is 0 Å². The normalized spacial score (nSPS) is 23.5. The summed E-state index contributed by atoms with van der Waals surface area (Å²) in [5.41, 5.74) is 3.91. The van der Waals surface area contributed by atoms with E-state index in [-0.39, 0.29) is 43.3 Å². The first-order chi connectivity index (χ1) is 15.7. The molecule has 0 bridgehead atoms. The molecule has 3 heterocycles. The van der Waals surface area contributed by atoms with E-state index in [0.29, 0.717) is 37.4 Å². The average Bonchev–Trinajstić information content (AvgIpc) is 3.36. The van der Waals surface area contributed by atoms with E-state index in [4.69, 9.17) is 9.84 Å². The number of aromatic nitrogens is 2. The lowest BCUT2D eigenvalue weighted by Crippen LogP contribution is -2.47. The molecule has 8 nitrogen and oxygen atoms in total. The first-order valence-corrected chi connectivity index (χ1v) is 10.8. The standard InChI is InChI=1S/C17H19FN4O2.C5H7F2NO/c1-10-5-11(3-4-13(10)18)17-12(6-19-23)14-7-21(2)15-8-24-9-16(15)22(14)20-17;6-5(7)1-4(2-5)8-3-9/h3-5,15-16H,6-9H2,1-2H3;3-4H,1-2H2,(H,8,9). The van der Waals surface area contributed by atoms with Crippen LogP contribution in [0.4, 0.5) is 13.2 Å². The van der Waals surface area contributed by atoms with Gasteiger partial charge < -0.3 is 10.1 Å². The summed E-state index contributed by atoms with van der Waals surface area (Å²) in [6.45, 7) is 3.78. The molecule has 33 heavy (non-hydrogen) atoms. The molecule has 2 unspecified atom stereocenters. The number of carbonyl (C=O) groups is 1. The van der Waals surface area contributed by atoms with E-state index < -0.39 is 5.92 Å². The summed E-state index contributed by atoms with van der Waals surface area (Å²) in [4.78, 5) is 22.9. The molecule has 1 amide bonds. The van der Waals surface area contributed by atoms with Gasteiger partial charge in [0, 0.05) is 36.6 Å². The summed E-state index contributed by atoms with van der Waals surface area (Å²) in [5, 5.41) is 10.1. The van der Waals surface area contributed by atoms with Crippen LogP contribution in [-0.2, 0) is 22.6 Å². The van der Waals surface area contributed by atoms with Crippen molar-refractivity contribution in [2.24, 2.45) is 5.18 Å². The second kappa shape index (κ2) is 9.22. The molecule has 1 N–H and O–H groups in total. The molecule has 2 aromatic rings. The smallest absolute Gasteiger partial charge is 0.252 e. The Morgan fingerprint density at radius 1 is 1.30 bits per heavy atom. The molecule has 1 aromatic heterocycles. The summed E-state index contributed by atoms with van der Waals surface area (Å²) in [6.07, 6.45) is 0.0530. The molecule has 5 rings (SSSR count). The van der Waals surface area contributed by atoms with Gasteiger partial charge in [0.1, 0.15) is 12.4 Å². The van der Waals surface area contributed by atoms with Gasteiger partial charge in [0.2, 0.25) is 6.41 Å². The van der Waals surface area contributed by atoms with Crippen molar-refractivity contribution < 1.29 is 22.7 Å². The molecular weight excluding hydrogens is 439 g/mol. The SMILES string of the molecule is Cc1cc(-c2nn3c(c2CN=O)CN(C)C2COCC23)ccc1F.O=CNC1CC(F)(F)C1. The molecule has 1 saturated carbocycles. The third-order valence-corrected chi connectivity index (χ3v) is 6.47. The van der Waals surface area contributed by atoms with Crippen LogP contribution in [0.5, 0.6) is 0 Å². The van der Waals surface area contributed by atoms with Gasteiger partial charge >= 0.3 is 0 Å². The van der Waals surface area contributed by atoms with Crippen molar-refractivity contribution in [2.45, 2.75) is 56.9 Å². The van der Waals surface area contributed by atoms with Crippen molar-refractivity contribution in [1.29, 1.82) is 0 Å². The summed E-state index contributed by atoms with van der Waals surface area (Å²) >= 11 is 0. The number of aryl methyl sites for hydroxylation is 1. The monoisotopic (exact) mass is 465 g/mol. The number of ether oxygens (including phenoxy) is 1. The number of alkyl halides is 2. The summed E-state index contributed by atoms with van der Waals surface area (Å²) in [7, 11) is 2.06. The second-order valence-corrected chi connectivity index (χ2v) is 8.80. The summed E-state index contributed by atoms with van der Waals surface area (Å²) < 4.78 is 45.1. The van der Waals surface area contributed by atoms with Crippen LogP contribution in [-0.4, -0.2) is 59.4 Å². The quantitative estimate of drug-likeness (QED) is 0.541. The molecule has 1 aromatic carbocycles. The molecule has 0 radical (unpaired) electrons. The number of halogens is 3. The minimum Gasteiger partial charge on any atom is -0.377 e. The lowest BCUT2D eigenvalue weighted by molar-refractivity contribution is -0.118. The number of amides is 1. The van der Waals surface area contributed by atoms with E-state index in [0.717, 1.165) is 16.8 Å². The Kier molecular flexibility index (Phi) is 6.53. The maximum atomic E-state index is 13.6. The minimum absolute atomic E-state index is 0.0627. The lowest BCUT2D eigenvalue weighted by Gasteiger charge is -2.34. The minimum atomic E-state index is -2.53. The number of hydrogen-bond acceptors (Lipinski definition) is 6. The van der Waals surface area contributed by atoms with Gasteiger partial charge in [0.15, 0.2) is 0 Å². The number of fused-ring (bicyclic) bond motifs is 3. The maximum Gasteiger partial charge on any atom is 0.252 e. The number of nitrogens with zero attached hydrogens (tertiary/aromatic N) is 4. The molecule has 3 aliphatic rings. The fourth-order valence-corrected chi connectivity index (χ4v) is 4.62. The molecule has 1 aliphatic carbocycles. The molecule has 11 heteroatoms. The highest BCUT2D eigenvalue weighted by Crippen LogP contribution is 2.37. The average molecular weight is 465 g/mol. The van der Waals surface area contributed by atoms with Crippen LogP contribution in [0.15, 0.2) is 23.4 Å². The van der Waals surface area contributed by atoms with Gasteiger partial charge in [-0.25, -0.2) is 13.2 Å². The number of benzene rings is 1. The number of nitrogens with one attached hydrogen (secondary N) is 1. The largest absolute Gasteiger partial charge is 0.377 e. The third-order valence-electron chi connectivity index (χ3n) is 6.47. The zero-order valence-corrected chi connectivity index (χ0v) is 18.4. The lowest BCUT2D eigenvalue weighted by atomic mass is 9.88. The summed E-state index contributed by atoms with van der Waals surface area (Å²) in [5.74, 6) is -2.78. The van der Waals surface area contributed by atoms with Crippen LogP contribution in [0.25, 0.3) is 11.3 Å². The predicted octanol–water partition coefficient (Wildman–Crippen LogP) is 3.18. The van der Waals surface area contributed by atoms with E-state index in [9.17, 15) is 22.9 Å². The van der Waals surface area contributed by atoms with Gasteiger partial charge in [-0.05, 0) is 37.7 Å². The van der Waals surface area contributed by atoms with Gasteiger partial charge in [-0.15, -0.1) is 0 Å². The Balaban J connectivity index is 0.000000243. The molecule has 2 fully saturated rings. The van der Waals surface area contributed by atoms with Gasteiger partial charge in [-0.2, -0.15) is 10.0 Å². The van der Waals surface area contributed by atoms with Crippen molar-refractivity contribution in [3.05, 3.63) is 45.7 Å². The zero-order valence-electron chi connectivity index (χ0n) is 18.4.